The number of nitrogens with two attached hydrogens (primary N) is 1. The van der Waals surface area contributed by atoms with Gasteiger partial charge in [-0.2, -0.15) is 13.2 Å². The van der Waals surface area contributed by atoms with Crippen LogP contribution in [0, 0.1) is 0 Å². The highest BCUT2D eigenvalue weighted by Gasteiger charge is 2.31. The third-order valence-electron chi connectivity index (χ3n) is 2.50. The maximum absolute atomic E-state index is 12.7. The molecule has 1 atom stereocenters. The van der Waals surface area contributed by atoms with E-state index in [4.69, 9.17) is 10.2 Å². The second-order valence-electron chi connectivity index (χ2n) is 4.15. The van der Waals surface area contributed by atoms with E-state index in [0.29, 0.717) is 23.0 Å². The van der Waals surface area contributed by atoms with Gasteiger partial charge in [0.1, 0.15) is 5.58 Å². The van der Waals surface area contributed by atoms with E-state index in [9.17, 15) is 13.2 Å². The van der Waals surface area contributed by atoms with Crippen LogP contribution in [0.25, 0.3) is 11.0 Å². The van der Waals surface area contributed by atoms with Crippen molar-refractivity contribution in [2.75, 3.05) is 0 Å². The summed E-state index contributed by atoms with van der Waals surface area (Å²) in [5, 5.41) is 0.454. The number of hydrogen-bond acceptors (Lipinski definition) is 2. The van der Waals surface area contributed by atoms with E-state index in [1.165, 1.54) is 12.3 Å². The highest BCUT2D eigenvalue weighted by molar-refractivity contribution is 5.81. The second kappa shape index (κ2) is 4.07. The molecular formula is C12H12F3NO. The zero-order chi connectivity index (χ0) is 12.6. The topological polar surface area (TPSA) is 39.2 Å². The smallest absolute Gasteiger partial charge is 0.416 e. The van der Waals surface area contributed by atoms with Gasteiger partial charge >= 0.3 is 6.18 Å². The van der Waals surface area contributed by atoms with Crippen LogP contribution in [0.15, 0.2) is 28.9 Å². The summed E-state index contributed by atoms with van der Waals surface area (Å²) in [5.41, 5.74) is 5.93. The molecule has 2 N–H and O–H groups in total. The first kappa shape index (κ1) is 12.0. The number of alkyl halides is 3. The van der Waals surface area contributed by atoms with E-state index in [1.54, 1.807) is 6.92 Å². The molecule has 0 spiro atoms. The maximum Gasteiger partial charge on any atom is 0.416 e. The number of benzene rings is 1. The van der Waals surface area contributed by atoms with Gasteiger partial charge in [0, 0.05) is 11.4 Å². The Labute approximate surface area is 96.2 Å². The van der Waals surface area contributed by atoms with E-state index >= 15 is 0 Å². The van der Waals surface area contributed by atoms with Crippen molar-refractivity contribution < 1.29 is 17.6 Å². The lowest BCUT2D eigenvalue weighted by atomic mass is 10.0. The minimum absolute atomic E-state index is 0.216. The minimum atomic E-state index is -4.35. The first-order valence-corrected chi connectivity index (χ1v) is 5.21. The zero-order valence-corrected chi connectivity index (χ0v) is 9.21. The van der Waals surface area contributed by atoms with Crippen LogP contribution in [0.3, 0.4) is 0 Å². The molecule has 1 aromatic heterocycles. The van der Waals surface area contributed by atoms with Gasteiger partial charge in [-0.15, -0.1) is 0 Å². The Morgan fingerprint density at radius 2 is 2.06 bits per heavy atom. The Bertz CT molecular complexity index is 528. The van der Waals surface area contributed by atoms with Crippen molar-refractivity contribution in [3.05, 3.63) is 35.6 Å². The third-order valence-corrected chi connectivity index (χ3v) is 2.50. The maximum atomic E-state index is 12.7. The summed E-state index contributed by atoms with van der Waals surface area (Å²) in [5.74, 6) is 0. The second-order valence-corrected chi connectivity index (χ2v) is 4.15. The molecule has 0 aliphatic heterocycles. The van der Waals surface area contributed by atoms with E-state index < -0.39 is 11.7 Å². The molecule has 17 heavy (non-hydrogen) atoms. The van der Waals surface area contributed by atoms with Crippen LogP contribution in [-0.4, -0.2) is 6.04 Å². The molecule has 5 heteroatoms. The van der Waals surface area contributed by atoms with E-state index in [-0.39, 0.29) is 6.04 Å². The fourth-order valence-electron chi connectivity index (χ4n) is 1.82. The van der Waals surface area contributed by atoms with Crippen LogP contribution in [0.1, 0.15) is 18.1 Å². The van der Waals surface area contributed by atoms with Crippen molar-refractivity contribution in [3.8, 4) is 0 Å². The largest absolute Gasteiger partial charge is 0.464 e. The van der Waals surface area contributed by atoms with Gasteiger partial charge in [-0.05, 0) is 37.1 Å². The molecule has 0 bridgehead atoms. The van der Waals surface area contributed by atoms with Crippen LogP contribution in [0.4, 0.5) is 13.2 Å². The summed E-state index contributed by atoms with van der Waals surface area (Å²) in [4.78, 5) is 0. The first-order valence-electron chi connectivity index (χ1n) is 5.21. The van der Waals surface area contributed by atoms with E-state index in [2.05, 4.69) is 0 Å². The highest BCUT2D eigenvalue weighted by atomic mass is 19.4. The van der Waals surface area contributed by atoms with Crippen molar-refractivity contribution in [3.63, 3.8) is 0 Å². The molecule has 0 fully saturated rings. The summed E-state index contributed by atoms with van der Waals surface area (Å²) in [6.45, 7) is 1.75. The number of hydrogen-bond donors (Lipinski definition) is 1. The minimum Gasteiger partial charge on any atom is -0.464 e. The average molecular weight is 243 g/mol. The number of furan rings is 1. The molecule has 0 aliphatic carbocycles. The Hall–Kier alpha value is -1.49. The molecule has 0 saturated carbocycles. The molecule has 0 unspecified atom stereocenters. The molecule has 0 radical (unpaired) electrons. The van der Waals surface area contributed by atoms with Crippen molar-refractivity contribution >= 4 is 11.0 Å². The van der Waals surface area contributed by atoms with E-state index in [0.717, 1.165) is 12.1 Å². The van der Waals surface area contributed by atoms with Crippen molar-refractivity contribution in [2.24, 2.45) is 5.73 Å². The van der Waals surface area contributed by atoms with Crippen molar-refractivity contribution in [1.82, 2.24) is 0 Å². The first-order chi connectivity index (χ1) is 7.88. The standard InChI is InChI=1S/C12H12F3NO/c1-7(16)4-9-6-10(12(13,14)15)5-8-2-3-17-11(8)9/h2-3,5-7H,4,16H2,1H3/t7-/m1/s1. The number of fused-ring (bicyclic) bond motifs is 1. The van der Waals surface area contributed by atoms with Gasteiger partial charge in [-0.3, -0.25) is 0 Å². The molecule has 2 rings (SSSR count). The quantitative estimate of drug-likeness (QED) is 0.878. The van der Waals surface area contributed by atoms with Crippen LogP contribution in [0.5, 0.6) is 0 Å². The predicted octanol–water partition coefficient (Wildman–Crippen LogP) is 3.34. The molecule has 2 nitrogen and oxygen atoms in total. The monoisotopic (exact) mass is 243 g/mol. The van der Waals surface area contributed by atoms with Crippen LogP contribution in [-0.2, 0) is 12.6 Å². The van der Waals surface area contributed by atoms with Gasteiger partial charge in [0.25, 0.3) is 0 Å². The Kier molecular flexibility index (Phi) is 2.87. The predicted molar refractivity (Wildman–Crippen MR) is 58.6 cm³/mol. The SMILES string of the molecule is C[C@@H](N)Cc1cc(C(F)(F)F)cc2ccoc12. The van der Waals surface area contributed by atoms with Crippen molar-refractivity contribution in [1.29, 1.82) is 0 Å². The summed E-state index contributed by atoms with van der Waals surface area (Å²) >= 11 is 0. The van der Waals surface area contributed by atoms with Gasteiger partial charge in [0.2, 0.25) is 0 Å². The summed E-state index contributed by atoms with van der Waals surface area (Å²) < 4.78 is 43.2. The van der Waals surface area contributed by atoms with Crippen LogP contribution < -0.4 is 5.73 Å². The average Bonchev–Trinajstić information content (AvgIpc) is 2.62. The molecule has 1 aromatic carbocycles. The third kappa shape index (κ3) is 2.44. The molecule has 92 valence electrons. The molecule has 0 amide bonds. The molecule has 0 aliphatic rings. The number of halogens is 3. The normalized spacial score (nSPS) is 14.2. The van der Waals surface area contributed by atoms with Gasteiger partial charge in [-0.25, -0.2) is 0 Å². The Balaban J connectivity index is 2.58. The van der Waals surface area contributed by atoms with Crippen LogP contribution in [0.2, 0.25) is 0 Å². The molecule has 1 heterocycles. The highest BCUT2D eigenvalue weighted by Crippen LogP contribution is 2.34. The van der Waals surface area contributed by atoms with Gasteiger partial charge in [0.15, 0.2) is 0 Å². The lowest BCUT2D eigenvalue weighted by molar-refractivity contribution is -0.137. The molecular weight excluding hydrogens is 231 g/mol. The summed E-state index contributed by atoms with van der Waals surface area (Å²) in [7, 11) is 0. The zero-order valence-electron chi connectivity index (χ0n) is 9.21. The fourth-order valence-corrected chi connectivity index (χ4v) is 1.82. The van der Waals surface area contributed by atoms with Gasteiger partial charge < -0.3 is 10.2 Å². The molecule has 2 aromatic rings. The summed E-state index contributed by atoms with van der Waals surface area (Å²) in [6, 6.07) is 3.50. The number of rotatable bonds is 2. The van der Waals surface area contributed by atoms with Gasteiger partial charge in [-0.1, -0.05) is 0 Å². The van der Waals surface area contributed by atoms with E-state index in [1.807, 2.05) is 0 Å². The van der Waals surface area contributed by atoms with Crippen LogP contribution >= 0.6 is 0 Å². The fraction of sp³-hybridized carbons (Fsp3) is 0.333. The molecule has 0 saturated heterocycles. The lowest BCUT2D eigenvalue weighted by Gasteiger charge is -2.11. The van der Waals surface area contributed by atoms with Gasteiger partial charge in [0.05, 0.1) is 11.8 Å². The summed E-state index contributed by atoms with van der Waals surface area (Å²) in [6.07, 6.45) is -2.61. The Morgan fingerprint density at radius 1 is 1.35 bits per heavy atom. The van der Waals surface area contributed by atoms with Crippen molar-refractivity contribution in [2.45, 2.75) is 25.6 Å². The lowest BCUT2D eigenvalue weighted by Crippen LogP contribution is -2.18. The Morgan fingerprint density at radius 3 is 2.65 bits per heavy atom.